The molecule has 2 aliphatic rings. The van der Waals surface area contributed by atoms with Gasteiger partial charge in [-0.1, -0.05) is 0 Å². The number of fused-ring (bicyclic) bond motifs is 1. The van der Waals surface area contributed by atoms with E-state index < -0.39 is 16.4 Å². The van der Waals surface area contributed by atoms with Crippen molar-refractivity contribution in [1.29, 1.82) is 0 Å². The highest BCUT2D eigenvalue weighted by atomic mass is 35.5. The van der Waals surface area contributed by atoms with Gasteiger partial charge in [-0.05, 0) is 23.8 Å². The first-order valence-electron chi connectivity index (χ1n) is 8.15. The lowest BCUT2D eigenvalue weighted by Crippen LogP contribution is -2.37. The van der Waals surface area contributed by atoms with Crippen LogP contribution in [0.4, 0.5) is 10.5 Å². The van der Waals surface area contributed by atoms with E-state index in [4.69, 9.17) is 16.3 Å². The Balaban J connectivity index is 2.10. The van der Waals surface area contributed by atoms with E-state index >= 15 is 0 Å². The zero-order valence-corrected chi connectivity index (χ0v) is 15.7. The van der Waals surface area contributed by atoms with Crippen LogP contribution < -0.4 is 4.74 Å². The Hall–Kier alpha value is -3.33. The Kier molecular flexibility index (Phi) is 5.10. The maximum absolute atomic E-state index is 12.0. The molecular weight excluding hydrogens is 390 g/mol. The molecule has 1 unspecified atom stereocenters. The van der Waals surface area contributed by atoms with Crippen molar-refractivity contribution in [1.82, 2.24) is 9.80 Å². The Morgan fingerprint density at radius 2 is 2.04 bits per heavy atom. The van der Waals surface area contributed by atoms with Crippen LogP contribution in [0.1, 0.15) is 6.42 Å². The number of carbonyl (C=O) groups excluding carboxylic acids is 1. The predicted molar refractivity (Wildman–Crippen MR) is 99.7 cm³/mol. The van der Waals surface area contributed by atoms with Gasteiger partial charge in [0.05, 0.1) is 4.92 Å². The predicted octanol–water partition coefficient (Wildman–Crippen LogP) is 3.09. The van der Waals surface area contributed by atoms with Gasteiger partial charge in [0, 0.05) is 44.4 Å². The van der Waals surface area contributed by atoms with Gasteiger partial charge >= 0.3 is 6.09 Å². The van der Waals surface area contributed by atoms with Gasteiger partial charge in [0.25, 0.3) is 5.69 Å². The first kappa shape index (κ1) is 19.4. The second-order valence-corrected chi connectivity index (χ2v) is 6.71. The van der Waals surface area contributed by atoms with Crippen LogP contribution in [0.15, 0.2) is 59.3 Å². The van der Waals surface area contributed by atoms with Crippen LogP contribution in [-0.2, 0) is 4.79 Å². The quantitative estimate of drug-likeness (QED) is 0.465. The number of ketones is 1. The fraction of sp³-hybridized carbons (Fsp3) is 0.222. The summed E-state index contributed by atoms with van der Waals surface area (Å²) in [5, 5.41) is 19.4. The summed E-state index contributed by atoms with van der Waals surface area (Å²) in [7, 11) is 2.99. The van der Waals surface area contributed by atoms with E-state index in [2.05, 4.69) is 0 Å². The lowest BCUT2D eigenvalue weighted by atomic mass is 9.89. The number of nitro benzene ring substituents is 1. The number of hydrogen-bond donors (Lipinski definition) is 1. The molecule has 1 aliphatic heterocycles. The number of hydrogen-bond acceptors (Lipinski definition) is 6. The molecule has 1 heterocycles. The van der Waals surface area contributed by atoms with Gasteiger partial charge in [0.2, 0.25) is 0 Å². The van der Waals surface area contributed by atoms with Gasteiger partial charge in [0.1, 0.15) is 11.1 Å². The number of non-ortho nitro benzene ring substituents is 1. The highest BCUT2D eigenvalue weighted by Gasteiger charge is 2.35. The third kappa shape index (κ3) is 3.56. The smallest absolute Gasteiger partial charge is 0.412 e. The van der Waals surface area contributed by atoms with Crippen molar-refractivity contribution in [3.05, 3.63) is 69.4 Å². The maximum atomic E-state index is 12.0. The van der Waals surface area contributed by atoms with E-state index in [-0.39, 0.29) is 35.2 Å². The third-order valence-corrected chi connectivity index (χ3v) is 4.70. The molecule has 0 radical (unpaired) electrons. The first-order chi connectivity index (χ1) is 13.2. The molecule has 1 aliphatic carbocycles. The van der Waals surface area contributed by atoms with Crippen LogP contribution in [0, 0.1) is 10.1 Å². The molecule has 1 N–H and O–H groups in total. The zero-order valence-electron chi connectivity index (χ0n) is 15.0. The van der Waals surface area contributed by atoms with Crippen LogP contribution in [0.3, 0.4) is 0 Å². The molecule has 1 aromatic rings. The molecular formula is C18H16ClN3O6. The minimum atomic E-state index is -1.21. The number of rotatable bonds is 4. The second kappa shape index (κ2) is 7.35. The summed E-state index contributed by atoms with van der Waals surface area (Å²) in [4.78, 5) is 36.4. The van der Waals surface area contributed by atoms with Crippen molar-refractivity contribution >= 4 is 29.2 Å². The topological polar surface area (TPSA) is 113 Å². The van der Waals surface area contributed by atoms with Crippen molar-refractivity contribution in [3.8, 4) is 5.75 Å². The van der Waals surface area contributed by atoms with Gasteiger partial charge in [-0.25, -0.2) is 4.79 Å². The molecule has 3 rings (SSSR count). The molecule has 1 aromatic carbocycles. The number of amides is 1. The van der Waals surface area contributed by atoms with E-state index in [1.807, 2.05) is 0 Å². The number of ether oxygens (including phenoxy) is 1. The lowest BCUT2D eigenvalue weighted by Gasteiger charge is -2.35. The molecule has 9 nitrogen and oxygen atoms in total. The average Bonchev–Trinajstić information content (AvgIpc) is 2.63. The van der Waals surface area contributed by atoms with Crippen LogP contribution in [0.2, 0.25) is 0 Å². The van der Waals surface area contributed by atoms with Crippen LogP contribution in [-0.4, -0.2) is 51.2 Å². The van der Waals surface area contributed by atoms with E-state index in [0.717, 1.165) is 4.90 Å². The number of benzene rings is 1. The van der Waals surface area contributed by atoms with Crippen LogP contribution in [0.25, 0.3) is 0 Å². The van der Waals surface area contributed by atoms with E-state index in [1.165, 1.54) is 37.4 Å². The van der Waals surface area contributed by atoms with Crippen molar-refractivity contribution in [3.63, 3.8) is 0 Å². The van der Waals surface area contributed by atoms with E-state index in [0.29, 0.717) is 11.1 Å². The average molecular weight is 406 g/mol. The van der Waals surface area contributed by atoms with Crippen molar-refractivity contribution < 1.29 is 24.4 Å². The molecule has 0 spiro atoms. The van der Waals surface area contributed by atoms with Gasteiger partial charge < -0.3 is 14.7 Å². The maximum Gasteiger partial charge on any atom is 0.412 e. The number of carboxylic acid groups (broad SMARTS) is 1. The molecule has 28 heavy (non-hydrogen) atoms. The van der Waals surface area contributed by atoms with E-state index in [1.54, 1.807) is 18.1 Å². The van der Waals surface area contributed by atoms with E-state index in [9.17, 15) is 24.8 Å². The Morgan fingerprint density at radius 1 is 1.39 bits per heavy atom. The third-order valence-electron chi connectivity index (χ3n) is 4.33. The Bertz CT molecular complexity index is 951. The highest BCUT2D eigenvalue weighted by Crippen LogP contribution is 2.38. The zero-order chi connectivity index (χ0) is 20.6. The molecule has 1 atom stereocenters. The number of allylic oxidation sites excluding steroid dienone is 2. The summed E-state index contributed by atoms with van der Waals surface area (Å²) < 4.78 is 5.93. The highest BCUT2D eigenvalue weighted by molar-refractivity contribution is 6.33. The summed E-state index contributed by atoms with van der Waals surface area (Å²) >= 11 is 6.09. The Labute approximate surface area is 164 Å². The summed E-state index contributed by atoms with van der Waals surface area (Å²) in [5.74, 6) is 0.515. The number of nitro groups is 1. The van der Waals surface area contributed by atoms with Gasteiger partial charge in [-0.3, -0.25) is 19.8 Å². The number of nitrogens with zero attached hydrogens (tertiary/aromatic N) is 3. The minimum Gasteiger partial charge on any atom is -0.465 e. The monoisotopic (exact) mass is 405 g/mol. The molecule has 0 aromatic heterocycles. The second-order valence-electron chi connectivity index (χ2n) is 6.24. The molecule has 0 bridgehead atoms. The minimum absolute atomic E-state index is 0.0848. The lowest BCUT2D eigenvalue weighted by molar-refractivity contribution is -0.384. The fourth-order valence-corrected chi connectivity index (χ4v) is 3.18. The summed E-state index contributed by atoms with van der Waals surface area (Å²) in [6, 6.07) is 5.38. The molecule has 146 valence electrons. The number of carbonyl (C=O) groups is 2. The SMILES string of the molecule is CN1C=C2CC(=O)C(Cl)C=C2C(Oc2ccc([N+](=O)[O-])cc2)=C1N(C)C(=O)O. The van der Waals surface area contributed by atoms with Crippen molar-refractivity contribution in [2.45, 2.75) is 11.8 Å². The molecule has 0 saturated heterocycles. The molecule has 10 heteroatoms. The number of Topliss-reactive ketones (excluding diaryl/α,β-unsaturated/α-hetero) is 1. The molecule has 1 amide bonds. The number of halogens is 1. The standard InChI is InChI=1S/C18H16ClN3O6/c1-20-9-10-7-15(23)14(19)8-13(10)16(17(20)21(2)18(24)25)28-12-5-3-11(4-6-12)22(26)27/h3-6,8-9,14H,7H2,1-2H3,(H,24,25). The first-order valence-corrected chi connectivity index (χ1v) is 8.58. The summed E-state index contributed by atoms with van der Waals surface area (Å²) in [6.07, 6.45) is 2.05. The normalized spacial score (nSPS) is 18.9. The van der Waals surface area contributed by atoms with Gasteiger partial charge in [0.15, 0.2) is 17.4 Å². The summed E-state index contributed by atoms with van der Waals surface area (Å²) in [5.41, 5.74) is 1.05. The van der Waals surface area contributed by atoms with Gasteiger partial charge in [-0.15, -0.1) is 11.6 Å². The number of alkyl halides is 1. The fourth-order valence-electron chi connectivity index (χ4n) is 2.97. The summed E-state index contributed by atoms with van der Waals surface area (Å²) in [6.45, 7) is 0. The van der Waals surface area contributed by atoms with Crippen molar-refractivity contribution in [2.24, 2.45) is 0 Å². The van der Waals surface area contributed by atoms with Crippen molar-refractivity contribution in [2.75, 3.05) is 14.1 Å². The largest absolute Gasteiger partial charge is 0.465 e. The Morgan fingerprint density at radius 3 is 2.61 bits per heavy atom. The van der Waals surface area contributed by atoms with Gasteiger partial charge in [-0.2, -0.15) is 0 Å². The molecule has 0 saturated carbocycles. The molecule has 0 fully saturated rings. The van der Waals surface area contributed by atoms with Crippen LogP contribution >= 0.6 is 11.6 Å². The van der Waals surface area contributed by atoms with Crippen LogP contribution in [0.5, 0.6) is 5.75 Å².